The predicted octanol–water partition coefficient (Wildman–Crippen LogP) is -0.0992. The molecule has 0 aliphatic carbocycles. The first kappa shape index (κ1) is 13.1. The molecule has 0 bridgehead atoms. The van der Waals surface area contributed by atoms with Crippen molar-refractivity contribution >= 4 is 0 Å². The molecule has 1 heterocycles. The third kappa shape index (κ3) is 4.26. The molecule has 0 fully saturated rings. The van der Waals surface area contributed by atoms with Crippen LogP contribution in [0.2, 0.25) is 0 Å². The maximum absolute atomic E-state index is 9.72. The molecule has 0 saturated heterocycles. The molecule has 3 N–H and O–H groups in total. The molecular formula is C10H19N3O3. The van der Waals surface area contributed by atoms with E-state index < -0.39 is 5.60 Å². The van der Waals surface area contributed by atoms with E-state index in [1.54, 1.807) is 6.92 Å². The molecule has 0 saturated carbocycles. The summed E-state index contributed by atoms with van der Waals surface area (Å²) >= 11 is 0. The van der Waals surface area contributed by atoms with Gasteiger partial charge in [-0.25, -0.2) is 0 Å². The lowest BCUT2D eigenvalue weighted by Crippen LogP contribution is -2.36. The average molecular weight is 229 g/mol. The highest BCUT2D eigenvalue weighted by atomic mass is 16.5. The van der Waals surface area contributed by atoms with E-state index in [0.29, 0.717) is 31.3 Å². The van der Waals surface area contributed by atoms with Crippen LogP contribution in [0.25, 0.3) is 0 Å². The molecule has 1 aromatic heterocycles. The van der Waals surface area contributed by atoms with E-state index in [9.17, 15) is 5.11 Å². The van der Waals surface area contributed by atoms with Crippen molar-refractivity contribution in [1.29, 1.82) is 0 Å². The standard InChI is InChI=1S/C10H19N3O3/c1-3-15-5-4-8-12-9(16-13-8)6-10(2,14)7-11/h14H,3-7,11H2,1-2H3. The van der Waals surface area contributed by atoms with Crippen LogP contribution in [0.15, 0.2) is 4.52 Å². The van der Waals surface area contributed by atoms with Gasteiger partial charge in [0.25, 0.3) is 0 Å². The zero-order chi connectivity index (χ0) is 12.0. The Balaban J connectivity index is 2.45. The fourth-order valence-corrected chi connectivity index (χ4v) is 1.17. The number of ether oxygens (including phenoxy) is 1. The van der Waals surface area contributed by atoms with Crippen LogP contribution in [0.1, 0.15) is 25.6 Å². The molecule has 1 aromatic rings. The van der Waals surface area contributed by atoms with E-state index in [2.05, 4.69) is 10.1 Å². The zero-order valence-electron chi connectivity index (χ0n) is 9.77. The second-order valence-corrected chi connectivity index (χ2v) is 3.93. The Bertz CT molecular complexity index is 312. The summed E-state index contributed by atoms with van der Waals surface area (Å²) in [5, 5.41) is 13.5. The normalized spacial score (nSPS) is 15.0. The predicted molar refractivity (Wildman–Crippen MR) is 57.9 cm³/mol. The van der Waals surface area contributed by atoms with Gasteiger partial charge >= 0.3 is 0 Å². The minimum absolute atomic E-state index is 0.156. The van der Waals surface area contributed by atoms with Crippen LogP contribution >= 0.6 is 0 Å². The van der Waals surface area contributed by atoms with E-state index in [-0.39, 0.29) is 13.0 Å². The number of aromatic nitrogens is 2. The number of rotatable bonds is 7. The van der Waals surface area contributed by atoms with Gasteiger partial charge in [-0.15, -0.1) is 0 Å². The molecule has 6 nitrogen and oxygen atoms in total. The van der Waals surface area contributed by atoms with E-state index >= 15 is 0 Å². The first-order chi connectivity index (χ1) is 7.57. The van der Waals surface area contributed by atoms with Crippen molar-refractivity contribution in [1.82, 2.24) is 10.1 Å². The van der Waals surface area contributed by atoms with Crippen molar-refractivity contribution < 1.29 is 14.4 Å². The van der Waals surface area contributed by atoms with Crippen LogP contribution in [-0.2, 0) is 17.6 Å². The van der Waals surface area contributed by atoms with Gasteiger partial charge in [-0.2, -0.15) is 4.98 Å². The molecule has 0 aliphatic heterocycles. The highest BCUT2D eigenvalue weighted by molar-refractivity contribution is 4.92. The van der Waals surface area contributed by atoms with Crippen molar-refractivity contribution in [2.24, 2.45) is 5.73 Å². The smallest absolute Gasteiger partial charge is 0.229 e. The third-order valence-corrected chi connectivity index (χ3v) is 2.16. The highest BCUT2D eigenvalue weighted by Gasteiger charge is 2.22. The van der Waals surface area contributed by atoms with Gasteiger partial charge in [-0.1, -0.05) is 5.16 Å². The van der Waals surface area contributed by atoms with Gasteiger partial charge in [0.05, 0.1) is 18.6 Å². The molecule has 0 aromatic carbocycles. The van der Waals surface area contributed by atoms with Crippen LogP contribution < -0.4 is 5.73 Å². The molecule has 1 unspecified atom stereocenters. The summed E-state index contributed by atoms with van der Waals surface area (Å²) in [6, 6.07) is 0. The summed E-state index contributed by atoms with van der Waals surface area (Å²) in [5.74, 6) is 0.998. The Labute approximate surface area is 94.8 Å². The molecule has 92 valence electrons. The highest BCUT2D eigenvalue weighted by Crippen LogP contribution is 2.10. The molecule has 0 spiro atoms. The van der Waals surface area contributed by atoms with Crippen LogP contribution in [0.5, 0.6) is 0 Å². The van der Waals surface area contributed by atoms with Gasteiger partial charge in [0.2, 0.25) is 5.89 Å². The molecule has 0 aliphatic rings. The zero-order valence-corrected chi connectivity index (χ0v) is 9.77. The lowest BCUT2D eigenvalue weighted by Gasteiger charge is -2.17. The van der Waals surface area contributed by atoms with Crippen LogP contribution in [0.4, 0.5) is 0 Å². The Morgan fingerprint density at radius 3 is 2.94 bits per heavy atom. The number of hydrogen-bond acceptors (Lipinski definition) is 6. The van der Waals surface area contributed by atoms with E-state index in [1.165, 1.54) is 0 Å². The molecule has 0 radical (unpaired) electrons. The van der Waals surface area contributed by atoms with E-state index in [0.717, 1.165) is 0 Å². The lowest BCUT2D eigenvalue weighted by atomic mass is 10.0. The number of hydrogen-bond donors (Lipinski definition) is 2. The van der Waals surface area contributed by atoms with E-state index in [4.69, 9.17) is 15.0 Å². The summed E-state index contributed by atoms with van der Waals surface area (Å²) in [4.78, 5) is 4.14. The fraction of sp³-hybridized carbons (Fsp3) is 0.800. The molecule has 0 amide bonds. The largest absolute Gasteiger partial charge is 0.388 e. The lowest BCUT2D eigenvalue weighted by molar-refractivity contribution is 0.0610. The molecule has 1 rings (SSSR count). The summed E-state index contributed by atoms with van der Waals surface area (Å²) in [6.07, 6.45) is 0.882. The molecular weight excluding hydrogens is 210 g/mol. The van der Waals surface area contributed by atoms with Crippen LogP contribution in [-0.4, -0.2) is 40.6 Å². The number of nitrogens with zero attached hydrogens (tertiary/aromatic N) is 2. The monoisotopic (exact) mass is 229 g/mol. The topological polar surface area (TPSA) is 94.4 Å². The second-order valence-electron chi connectivity index (χ2n) is 3.93. The molecule has 6 heteroatoms. The van der Waals surface area contributed by atoms with Gasteiger partial charge in [-0.3, -0.25) is 0 Å². The van der Waals surface area contributed by atoms with Crippen molar-refractivity contribution in [3.8, 4) is 0 Å². The van der Waals surface area contributed by atoms with E-state index in [1.807, 2.05) is 6.92 Å². The Kier molecular flexibility index (Phi) is 4.85. The fourth-order valence-electron chi connectivity index (χ4n) is 1.17. The summed E-state index contributed by atoms with van der Waals surface area (Å²) in [6.45, 7) is 4.97. The quantitative estimate of drug-likeness (QED) is 0.634. The number of nitrogens with two attached hydrogens (primary N) is 1. The van der Waals surface area contributed by atoms with Gasteiger partial charge in [0.15, 0.2) is 5.82 Å². The van der Waals surface area contributed by atoms with Crippen LogP contribution in [0.3, 0.4) is 0 Å². The maximum Gasteiger partial charge on any atom is 0.229 e. The SMILES string of the molecule is CCOCCc1noc(CC(C)(O)CN)n1. The summed E-state index contributed by atoms with van der Waals surface area (Å²) < 4.78 is 10.2. The Morgan fingerprint density at radius 1 is 1.56 bits per heavy atom. The maximum atomic E-state index is 9.72. The average Bonchev–Trinajstić information content (AvgIpc) is 2.65. The minimum atomic E-state index is -0.996. The van der Waals surface area contributed by atoms with Gasteiger partial charge < -0.3 is 20.1 Å². The Hall–Kier alpha value is -0.980. The van der Waals surface area contributed by atoms with Crippen molar-refractivity contribution in [3.63, 3.8) is 0 Å². The van der Waals surface area contributed by atoms with Gasteiger partial charge in [0.1, 0.15) is 0 Å². The summed E-state index contributed by atoms with van der Waals surface area (Å²) in [5.41, 5.74) is 4.40. The first-order valence-electron chi connectivity index (χ1n) is 5.39. The molecule has 1 atom stereocenters. The van der Waals surface area contributed by atoms with Gasteiger partial charge in [0, 0.05) is 19.6 Å². The van der Waals surface area contributed by atoms with Crippen molar-refractivity contribution in [2.75, 3.05) is 19.8 Å². The third-order valence-electron chi connectivity index (χ3n) is 2.16. The Morgan fingerprint density at radius 2 is 2.31 bits per heavy atom. The van der Waals surface area contributed by atoms with Crippen LogP contribution in [0, 0.1) is 0 Å². The number of aliphatic hydroxyl groups is 1. The minimum Gasteiger partial charge on any atom is -0.388 e. The second kappa shape index (κ2) is 5.93. The summed E-state index contributed by atoms with van der Waals surface area (Å²) in [7, 11) is 0. The first-order valence-corrected chi connectivity index (χ1v) is 5.39. The van der Waals surface area contributed by atoms with Crippen molar-refractivity contribution in [3.05, 3.63) is 11.7 Å². The van der Waals surface area contributed by atoms with Gasteiger partial charge in [-0.05, 0) is 13.8 Å². The molecule has 16 heavy (non-hydrogen) atoms. The van der Waals surface area contributed by atoms with Crippen molar-refractivity contribution in [2.45, 2.75) is 32.3 Å².